The minimum atomic E-state index is -0.302. The van der Waals surface area contributed by atoms with Crippen molar-refractivity contribution in [3.63, 3.8) is 0 Å². The fourth-order valence-electron chi connectivity index (χ4n) is 1.50. The molecule has 0 fully saturated rings. The molecule has 0 aliphatic carbocycles. The number of nitrogens with one attached hydrogen (secondary N) is 1. The Balaban J connectivity index is 2.43. The number of hydrogen-bond donors (Lipinski definition) is 1. The summed E-state index contributed by atoms with van der Waals surface area (Å²) in [7, 11) is 1.39. The molecular formula is C15H21NO2. The number of hydrogen-bond acceptors (Lipinski definition) is 3. The van der Waals surface area contributed by atoms with Gasteiger partial charge in [0.2, 0.25) is 0 Å². The summed E-state index contributed by atoms with van der Waals surface area (Å²) in [6.07, 6.45) is 4.11. The predicted molar refractivity (Wildman–Crippen MR) is 74.5 cm³/mol. The van der Waals surface area contributed by atoms with Gasteiger partial charge < -0.3 is 10.1 Å². The van der Waals surface area contributed by atoms with E-state index >= 15 is 0 Å². The van der Waals surface area contributed by atoms with Crippen molar-refractivity contribution < 1.29 is 9.53 Å². The molecule has 0 bridgehead atoms. The van der Waals surface area contributed by atoms with E-state index in [-0.39, 0.29) is 5.97 Å². The SMILES string of the molecule is COC(=O)c1ccc(C=CCNCC(C)C)cc1. The van der Waals surface area contributed by atoms with Gasteiger partial charge in [-0.2, -0.15) is 0 Å². The Morgan fingerprint density at radius 2 is 2.00 bits per heavy atom. The second-order valence-electron chi connectivity index (χ2n) is 4.57. The number of ether oxygens (including phenoxy) is 1. The Kier molecular flexibility index (Phi) is 6.15. The fourth-order valence-corrected chi connectivity index (χ4v) is 1.50. The summed E-state index contributed by atoms with van der Waals surface area (Å²) < 4.78 is 4.64. The lowest BCUT2D eigenvalue weighted by Crippen LogP contribution is -2.19. The van der Waals surface area contributed by atoms with Crippen LogP contribution in [0.15, 0.2) is 30.3 Å². The summed E-state index contributed by atoms with van der Waals surface area (Å²) in [5.74, 6) is 0.363. The van der Waals surface area contributed by atoms with Crippen molar-refractivity contribution in [3.8, 4) is 0 Å². The molecule has 0 heterocycles. The zero-order valence-electron chi connectivity index (χ0n) is 11.3. The molecule has 0 radical (unpaired) electrons. The zero-order chi connectivity index (χ0) is 13.4. The van der Waals surface area contributed by atoms with E-state index in [1.54, 1.807) is 12.1 Å². The lowest BCUT2D eigenvalue weighted by atomic mass is 10.1. The van der Waals surface area contributed by atoms with Crippen LogP contribution in [0, 0.1) is 5.92 Å². The van der Waals surface area contributed by atoms with Gasteiger partial charge in [-0.1, -0.05) is 38.1 Å². The van der Waals surface area contributed by atoms with Gasteiger partial charge in [-0.25, -0.2) is 4.79 Å². The number of esters is 1. The Bertz CT molecular complexity index is 393. The number of carbonyl (C=O) groups excluding carboxylic acids is 1. The minimum absolute atomic E-state index is 0.302. The van der Waals surface area contributed by atoms with Crippen molar-refractivity contribution in [2.75, 3.05) is 20.2 Å². The number of methoxy groups -OCH3 is 1. The van der Waals surface area contributed by atoms with Crippen LogP contribution in [-0.2, 0) is 4.74 Å². The monoisotopic (exact) mass is 247 g/mol. The van der Waals surface area contributed by atoms with Crippen LogP contribution in [0.5, 0.6) is 0 Å². The summed E-state index contributed by atoms with van der Waals surface area (Å²) in [4.78, 5) is 11.2. The number of carbonyl (C=O) groups is 1. The van der Waals surface area contributed by atoms with Crippen LogP contribution < -0.4 is 5.32 Å². The summed E-state index contributed by atoms with van der Waals surface area (Å²) in [5.41, 5.74) is 1.65. The molecular weight excluding hydrogens is 226 g/mol. The highest BCUT2D eigenvalue weighted by molar-refractivity contribution is 5.89. The number of benzene rings is 1. The molecule has 0 spiro atoms. The third kappa shape index (κ3) is 5.15. The number of rotatable bonds is 6. The van der Waals surface area contributed by atoms with E-state index < -0.39 is 0 Å². The van der Waals surface area contributed by atoms with Crippen molar-refractivity contribution in [3.05, 3.63) is 41.5 Å². The minimum Gasteiger partial charge on any atom is -0.465 e. The van der Waals surface area contributed by atoms with Crippen molar-refractivity contribution >= 4 is 12.0 Å². The maximum Gasteiger partial charge on any atom is 0.337 e. The van der Waals surface area contributed by atoms with Crippen LogP contribution in [0.3, 0.4) is 0 Å². The average Bonchev–Trinajstić information content (AvgIpc) is 2.38. The molecule has 1 aromatic rings. The first-order valence-corrected chi connectivity index (χ1v) is 6.19. The van der Waals surface area contributed by atoms with Crippen LogP contribution in [0.1, 0.15) is 29.8 Å². The molecule has 0 aliphatic heterocycles. The Morgan fingerprint density at radius 1 is 1.33 bits per heavy atom. The van der Waals surface area contributed by atoms with Crippen molar-refractivity contribution in [2.24, 2.45) is 5.92 Å². The first-order chi connectivity index (χ1) is 8.63. The first-order valence-electron chi connectivity index (χ1n) is 6.19. The maximum atomic E-state index is 11.2. The summed E-state index contributed by atoms with van der Waals surface area (Å²) in [6.45, 7) is 6.24. The summed E-state index contributed by atoms with van der Waals surface area (Å²) >= 11 is 0. The molecule has 0 atom stereocenters. The second-order valence-corrected chi connectivity index (χ2v) is 4.57. The molecule has 98 valence electrons. The van der Waals surface area contributed by atoms with Crippen LogP contribution in [0.25, 0.3) is 6.08 Å². The third-order valence-corrected chi connectivity index (χ3v) is 2.46. The highest BCUT2D eigenvalue weighted by Gasteiger charge is 2.02. The Labute approximate surface area is 109 Å². The fraction of sp³-hybridized carbons (Fsp3) is 0.400. The normalized spacial score (nSPS) is 11.1. The van der Waals surface area contributed by atoms with Gasteiger partial charge in [-0.15, -0.1) is 0 Å². The molecule has 1 rings (SSSR count). The van der Waals surface area contributed by atoms with Crippen molar-refractivity contribution in [1.82, 2.24) is 5.32 Å². The lowest BCUT2D eigenvalue weighted by molar-refractivity contribution is 0.0601. The predicted octanol–water partition coefficient (Wildman–Crippen LogP) is 2.73. The van der Waals surface area contributed by atoms with Gasteiger partial charge >= 0.3 is 5.97 Å². The molecule has 1 N–H and O–H groups in total. The van der Waals surface area contributed by atoms with E-state index in [0.717, 1.165) is 18.7 Å². The molecule has 0 amide bonds. The van der Waals surface area contributed by atoms with Gasteiger partial charge in [0.15, 0.2) is 0 Å². The average molecular weight is 247 g/mol. The molecule has 0 unspecified atom stereocenters. The molecule has 0 saturated carbocycles. The Hall–Kier alpha value is -1.61. The highest BCUT2D eigenvalue weighted by Crippen LogP contribution is 2.07. The van der Waals surface area contributed by atoms with Gasteiger partial charge in [-0.3, -0.25) is 0 Å². The molecule has 0 aliphatic rings. The van der Waals surface area contributed by atoms with Gasteiger partial charge in [0, 0.05) is 6.54 Å². The van der Waals surface area contributed by atoms with E-state index in [1.165, 1.54) is 7.11 Å². The van der Waals surface area contributed by atoms with Crippen molar-refractivity contribution in [1.29, 1.82) is 0 Å². The molecule has 18 heavy (non-hydrogen) atoms. The molecule has 3 heteroatoms. The summed E-state index contributed by atoms with van der Waals surface area (Å²) in [6, 6.07) is 7.36. The van der Waals surface area contributed by atoms with Gasteiger partial charge in [0.05, 0.1) is 12.7 Å². The van der Waals surface area contributed by atoms with Crippen LogP contribution in [0.2, 0.25) is 0 Å². The largest absolute Gasteiger partial charge is 0.465 e. The van der Waals surface area contributed by atoms with Gasteiger partial charge in [-0.05, 0) is 30.2 Å². The summed E-state index contributed by atoms with van der Waals surface area (Å²) in [5, 5.41) is 3.33. The molecule has 3 nitrogen and oxygen atoms in total. The van der Waals surface area contributed by atoms with Crippen molar-refractivity contribution in [2.45, 2.75) is 13.8 Å². The quantitative estimate of drug-likeness (QED) is 0.620. The standard InChI is InChI=1S/C15H21NO2/c1-12(2)11-16-10-4-5-13-6-8-14(9-7-13)15(17)18-3/h4-9,12,16H,10-11H2,1-3H3. The smallest absolute Gasteiger partial charge is 0.337 e. The topological polar surface area (TPSA) is 38.3 Å². The van der Waals surface area contributed by atoms with E-state index in [2.05, 4.69) is 30.0 Å². The lowest BCUT2D eigenvalue weighted by Gasteiger charge is -2.03. The maximum absolute atomic E-state index is 11.2. The van der Waals surface area contributed by atoms with Gasteiger partial charge in [0.25, 0.3) is 0 Å². The van der Waals surface area contributed by atoms with Crippen LogP contribution >= 0.6 is 0 Å². The Morgan fingerprint density at radius 3 is 2.56 bits per heavy atom. The highest BCUT2D eigenvalue weighted by atomic mass is 16.5. The van der Waals surface area contributed by atoms with E-state index in [0.29, 0.717) is 11.5 Å². The second kappa shape index (κ2) is 7.67. The molecule has 0 saturated heterocycles. The zero-order valence-corrected chi connectivity index (χ0v) is 11.3. The van der Waals surface area contributed by atoms with E-state index in [9.17, 15) is 4.79 Å². The third-order valence-electron chi connectivity index (χ3n) is 2.46. The van der Waals surface area contributed by atoms with E-state index in [4.69, 9.17) is 0 Å². The van der Waals surface area contributed by atoms with Gasteiger partial charge in [0.1, 0.15) is 0 Å². The molecule has 1 aromatic carbocycles. The van der Waals surface area contributed by atoms with Crippen LogP contribution in [-0.4, -0.2) is 26.2 Å². The first kappa shape index (κ1) is 14.5. The van der Waals surface area contributed by atoms with E-state index in [1.807, 2.05) is 18.2 Å². The molecule has 0 aromatic heterocycles. The van der Waals surface area contributed by atoms with Crippen LogP contribution in [0.4, 0.5) is 0 Å².